The van der Waals surface area contributed by atoms with Crippen molar-refractivity contribution in [2.24, 2.45) is 7.05 Å². The van der Waals surface area contributed by atoms with Gasteiger partial charge in [-0.3, -0.25) is 9.36 Å². The smallest absolute Gasteiger partial charge is 0.419 e. The van der Waals surface area contributed by atoms with E-state index in [9.17, 15) is 9.59 Å². The van der Waals surface area contributed by atoms with Gasteiger partial charge < -0.3 is 14.5 Å². The third kappa shape index (κ3) is 3.65. The number of benzene rings is 2. The van der Waals surface area contributed by atoms with Crippen molar-refractivity contribution >= 4 is 17.0 Å². The maximum Gasteiger partial charge on any atom is 0.419 e. The van der Waals surface area contributed by atoms with Gasteiger partial charge in [-0.15, -0.1) is 0 Å². The highest BCUT2D eigenvalue weighted by atomic mass is 16.5. The SMILES string of the molecule is Cn1c(=O)oc2ccc(CCNC(=O)COc3ccccc3)cc21. The van der Waals surface area contributed by atoms with Crippen molar-refractivity contribution in [2.75, 3.05) is 13.2 Å². The third-order valence-electron chi connectivity index (χ3n) is 3.70. The molecule has 1 amide bonds. The Hall–Kier alpha value is -3.02. The molecule has 0 fully saturated rings. The van der Waals surface area contributed by atoms with E-state index < -0.39 is 0 Å². The summed E-state index contributed by atoms with van der Waals surface area (Å²) in [6.45, 7) is 0.480. The van der Waals surface area contributed by atoms with Gasteiger partial charge in [0.05, 0.1) is 5.52 Å². The van der Waals surface area contributed by atoms with Gasteiger partial charge in [-0.25, -0.2) is 4.79 Å². The highest BCUT2D eigenvalue weighted by Crippen LogP contribution is 2.14. The van der Waals surface area contributed by atoms with E-state index >= 15 is 0 Å². The van der Waals surface area contributed by atoms with Crippen LogP contribution in [0.25, 0.3) is 11.1 Å². The van der Waals surface area contributed by atoms with Crippen LogP contribution in [-0.2, 0) is 18.3 Å². The number of amides is 1. The van der Waals surface area contributed by atoms with E-state index in [1.165, 1.54) is 4.57 Å². The average molecular weight is 326 g/mol. The summed E-state index contributed by atoms with van der Waals surface area (Å²) in [4.78, 5) is 23.2. The number of rotatable bonds is 6. The summed E-state index contributed by atoms with van der Waals surface area (Å²) >= 11 is 0. The molecule has 0 radical (unpaired) electrons. The van der Waals surface area contributed by atoms with Crippen molar-refractivity contribution in [3.05, 3.63) is 64.6 Å². The molecule has 1 heterocycles. The van der Waals surface area contributed by atoms with E-state index in [4.69, 9.17) is 9.15 Å². The number of carbonyl (C=O) groups is 1. The van der Waals surface area contributed by atoms with Crippen LogP contribution in [-0.4, -0.2) is 23.6 Å². The van der Waals surface area contributed by atoms with Gasteiger partial charge in [-0.2, -0.15) is 0 Å². The lowest BCUT2D eigenvalue weighted by atomic mass is 10.1. The molecule has 0 aliphatic rings. The van der Waals surface area contributed by atoms with E-state index in [2.05, 4.69) is 5.32 Å². The molecule has 3 aromatic rings. The largest absolute Gasteiger partial charge is 0.484 e. The lowest BCUT2D eigenvalue weighted by Crippen LogP contribution is -2.30. The number of fused-ring (bicyclic) bond motifs is 1. The summed E-state index contributed by atoms with van der Waals surface area (Å²) in [6, 6.07) is 14.8. The molecule has 0 bridgehead atoms. The van der Waals surface area contributed by atoms with Gasteiger partial charge in [0.15, 0.2) is 12.2 Å². The summed E-state index contributed by atoms with van der Waals surface area (Å²) in [5.41, 5.74) is 2.32. The first-order valence-corrected chi connectivity index (χ1v) is 7.66. The van der Waals surface area contributed by atoms with Crippen molar-refractivity contribution in [1.29, 1.82) is 0 Å². The maximum atomic E-state index is 11.8. The molecule has 1 aromatic heterocycles. The van der Waals surface area contributed by atoms with Gasteiger partial charge in [0.1, 0.15) is 5.75 Å². The zero-order valence-electron chi connectivity index (χ0n) is 13.3. The van der Waals surface area contributed by atoms with Crippen LogP contribution in [0.2, 0.25) is 0 Å². The minimum atomic E-state index is -0.381. The highest BCUT2D eigenvalue weighted by Gasteiger charge is 2.07. The molecular weight excluding hydrogens is 308 g/mol. The van der Waals surface area contributed by atoms with Crippen LogP contribution in [0.15, 0.2) is 57.7 Å². The Morgan fingerprint density at radius 3 is 2.79 bits per heavy atom. The first-order valence-electron chi connectivity index (χ1n) is 7.66. The van der Waals surface area contributed by atoms with Crippen LogP contribution < -0.4 is 15.8 Å². The standard InChI is InChI=1S/C18H18N2O4/c1-20-15-11-13(7-8-16(15)24-18(20)22)9-10-19-17(21)12-23-14-5-3-2-4-6-14/h2-8,11H,9-10,12H2,1H3,(H,19,21). The number of hydrogen-bond donors (Lipinski definition) is 1. The zero-order valence-corrected chi connectivity index (χ0v) is 13.3. The first kappa shape index (κ1) is 15.9. The van der Waals surface area contributed by atoms with Gasteiger partial charge in [-0.05, 0) is 36.2 Å². The Labute approximate surface area is 138 Å². The van der Waals surface area contributed by atoms with Gasteiger partial charge in [0, 0.05) is 13.6 Å². The fraction of sp³-hybridized carbons (Fsp3) is 0.222. The first-order chi connectivity index (χ1) is 11.6. The van der Waals surface area contributed by atoms with Crippen molar-refractivity contribution in [3.8, 4) is 5.75 Å². The third-order valence-corrected chi connectivity index (χ3v) is 3.70. The summed E-state index contributed by atoms with van der Waals surface area (Å²) < 4.78 is 11.9. The Morgan fingerprint density at radius 1 is 1.21 bits per heavy atom. The Bertz CT molecular complexity index is 896. The number of ether oxygens (including phenoxy) is 1. The molecule has 3 rings (SSSR count). The molecule has 124 valence electrons. The summed E-state index contributed by atoms with van der Waals surface area (Å²) in [5, 5.41) is 2.81. The number of nitrogens with one attached hydrogen (secondary N) is 1. The van der Waals surface area contributed by atoms with E-state index in [1.54, 1.807) is 25.2 Å². The topological polar surface area (TPSA) is 73.5 Å². The molecule has 0 atom stereocenters. The normalized spacial score (nSPS) is 10.7. The molecule has 2 aromatic carbocycles. The molecule has 0 aliphatic heterocycles. The molecule has 6 nitrogen and oxygen atoms in total. The lowest BCUT2D eigenvalue weighted by Gasteiger charge is -2.07. The number of aromatic nitrogens is 1. The van der Waals surface area contributed by atoms with Crippen LogP contribution in [0.1, 0.15) is 5.56 Å². The predicted molar refractivity (Wildman–Crippen MR) is 90.1 cm³/mol. The van der Waals surface area contributed by atoms with E-state index in [1.807, 2.05) is 30.3 Å². The maximum absolute atomic E-state index is 11.8. The second kappa shape index (κ2) is 7.04. The number of aryl methyl sites for hydroxylation is 1. The monoisotopic (exact) mass is 326 g/mol. The Kier molecular flexibility index (Phi) is 4.65. The molecule has 1 N–H and O–H groups in total. The van der Waals surface area contributed by atoms with Crippen molar-refractivity contribution in [1.82, 2.24) is 9.88 Å². The minimum absolute atomic E-state index is 0.0146. The Balaban J connectivity index is 1.50. The second-order valence-corrected chi connectivity index (χ2v) is 5.43. The van der Waals surface area contributed by atoms with Crippen LogP contribution in [0.5, 0.6) is 5.75 Å². The van der Waals surface area contributed by atoms with Crippen molar-refractivity contribution in [3.63, 3.8) is 0 Å². The number of oxazole rings is 1. The second-order valence-electron chi connectivity index (χ2n) is 5.43. The molecule has 0 unspecified atom stereocenters. The summed E-state index contributed by atoms with van der Waals surface area (Å²) in [7, 11) is 1.67. The van der Waals surface area contributed by atoms with Gasteiger partial charge in [0.25, 0.3) is 5.91 Å². The summed E-state index contributed by atoms with van der Waals surface area (Å²) in [6.07, 6.45) is 0.659. The molecule has 0 aliphatic carbocycles. The number of nitrogens with zero attached hydrogens (tertiary/aromatic N) is 1. The van der Waals surface area contributed by atoms with Gasteiger partial charge in [0.2, 0.25) is 0 Å². The van der Waals surface area contributed by atoms with Gasteiger partial charge >= 0.3 is 5.76 Å². The number of carbonyl (C=O) groups excluding carboxylic acids is 1. The van der Waals surface area contributed by atoms with E-state index in [-0.39, 0.29) is 18.3 Å². The molecule has 24 heavy (non-hydrogen) atoms. The number of para-hydroxylation sites is 1. The fourth-order valence-electron chi connectivity index (χ4n) is 2.39. The Morgan fingerprint density at radius 2 is 2.00 bits per heavy atom. The quantitative estimate of drug-likeness (QED) is 0.750. The van der Waals surface area contributed by atoms with Crippen LogP contribution in [0.4, 0.5) is 0 Å². The molecule has 0 spiro atoms. The van der Waals surface area contributed by atoms with Crippen molar-refractivity contribution < 1.29 is 13.9 Å². The number of hydrogen-bond acceptors (Lipinski definition) is 4. The fourth-order valence-corrected chi connectivity index (χ4v) is 2.39. The lowest BCUT2D eigenvalue weighted by molar-refractivity contribution is -0.123. The summed E-state index contributed by atoms with van der Waals surface area (Å²) in [5.74, 6) is 0.114. The zero-order chi connectivity index (χ0) is 16.9. The van der Waals surface area contributed by atoms with Crippen molar-refractivity contribution in [2.45, 2.75) is 6.42 Å². The average Bonchev–Trinajstić information content (AvgIpc) is 2.88. The van der Waals surface area contributed by atoms with Crippen LogP contribution in [0, 0.1) is 0 Å². The minimum Gasteiger partial charge on any atom is -0.484 e. The molecule has 0 saturated heterocycles. The molecule has 6 heteroatoms. The molecular formula is C18H18N2O4. The van der Waals surface area contributed by atoms with E-state index in [0.717, 1.165) is 11.1 Å². The van der Waals surface area contributed by atoms with Gasteiger partial charge in [-0.1, -0.05) is 24.3 Å². The molecule has 0 saturated carbocycles. The highest BCUT2D eigenvalue weighted by molar-refractivity contribution is 5.77. The van der Waals surface area contributed by atoms with E-state index in [0.29, 0.717) is 24.3 Å². The predicted octanol–water partition coefficient (Wildman–Crippen LogP) is 1.87. The van der Waals surface area contributed by atoms with Crippen LogP contribution in [0.3, 0.4) is 0 Å². The van der Waals surface area contributed by atoms with Crippen LogP contribution >= 0.6 is 0 Å².